The van der Waals surface area contributed by atoms with E-state index < -0.39 is 11.4 Å². The maximum absolute atomic E-state index is 12.7. The van der Waals surface area contributed by atoms with E-state index >= 15 is 0 Å². The van der Waals surface area contributed by atoms with E-state index in [1.165, 1.54) is 0 Å². The van der Waals surface area contributed by atoms with Crippen LogP contribution in [-0.4, -0.2) is 36.7 Å². The fourth-order valence-corrected chi connectivity index (χ4v) is 3.28. The summed E-state index contributed by atoms with van der Waals surface area (Å²) in [7, 11) is 0. The van der Waals surface area contributed by atoms with Crippen LogP contribution in [0.5, 0.6) is 0 Å². The Bertz CT molecular complexity index is 767. The molecule has 2 N–H and O–H groups in total. The van der Waals surface area contributed by atoms with Crippen LogP contribution in [0.4, 0.5) is 0 Å². The second-order valence-electron chi connectivity index (χ2n) is 6.70. The highest BCUT2D eigenvalue weighted by Crippen LogP contribution is 2.30. The second kappa shape index (κ2) is 8.15. The Hall–Kier alpha value is -2.66. The molecule has 0 saturated carbocycles. The molecule has 0 aliphatic carbocycles. The lowest BCUT2D eigenvalue weighted by Gasteiger charge is -2.33. The Balaban J connectivity index is 1.73. The van der Waals surface area contributed by atoms with Crippen molar-refractivity contribution in [3.63, 3.8) is 0 Å². The maximum Gasteiger partial charge on any atom is 0.311 e. The Morgan fingerprint density at radius 3 is 2.35 bits per heavy atom. The maximum atomic E-state index is 12.7. The second-order valence-corrected chi connectivity index (χ2v) is 6.70. The highest BCUT2D eigenvalue weighted by molar-refractivity contribution is 5.96. The number of rotatable bonds is 6. The van der Waals surface area contributed by atoms with E-state index in [4.69, 9.17) is 4.74 Å². The van der Waals surface area contributed by atoms with E-state index in [-0.39, 0.29) is 12.5 Å². The molecule has 136 valence electrons. The van der Waals surface area contributed by atoms with E-state index in [2.05, 4.69) is 5.32 Å². The molecule has 0 bridgehead atoms. The Kier molecular flexibility index (Phi) is 5.68. The largest absolute Gasteiger partial charge is 0.481 e. The quantitative estimate of drug-likeness (QED) is 0.837. The van der Waals surface area contributed by atoms with Gasteiger partial charge in [-0.05, 0) is 36.5 Å². The molecule has 1 heterocycles. The number of hydrogen-bond donors (Lipinski definition) is 2. The van der Waals surface area contributed by atoms with Gasteiger partial charge in [-0.3, -0.25) is 9.59 Å². The van der Waals surface area contributed by atoms with E-state index in [9.17, 15) is 14.7 Å². The first kappa shape index (κ1) is 18.1. The van der Waals surface area contributed by atoms with Crippen LogP contribution in [0.1, 0.15) is 34.3 Å². The van der Waals surface area contributed by atoms with Gasteiger partial charge in [0.15, 0.2) is 0 Å². The van der Waals surface area contributed by atoms with Crippen molar-refractivity contribution in [2.24, 2.45) is 5.41 Å². The highest BCUT2D eigenvalue weighted by atomic mass is 16.5. The number of carbonyl (C=O) groups excluding carboxylic acids is 1. The van der Waals surface area contributed by atoms with Gasteiger partial charge in [0.2, 0.25) is 0 Å². The van der Waals surface area contributed by atoms with Crippen molar-refractivity contribution >= 4 is 11.9 Å². The van der Waals surface area contributed by atoms with Gasteiger partial charge in [-0.1, -0.05) is 48.5 Å². The number of carboxylic acids is 1. The van der Waals surface area contributed by atoms with Crippen molar-refractivity contribution in [2.75, 3.05) is 19.8 Å². The number of aliphatic carboxylic acids is 1. The van der Waals surface area contributed by atoms with Gasteiger partial charge in [-0.15, -0.1) is 0 Å². The Labute approximate surface area is 153 Å². The molecule has 0 aromatic heterocycles. The van der Waals surface area contributed by atoms with Crippen molar-refractivity contribution in [3.05, 3.63) is 71.3 Å². The molecule has 1 fully saturated rings. The van der Waals surface area contributed by atoms with Crippen molar-refractivity contribution in [2.45, 2.75) is 19.3 Å². The number of amides is 1. The third-order valence-corrected chi connectivity index (χ3v) is 4.99. The summed E-state index contributed by atoms with van der Waals surface area (Å²) in [5, 5.41) is 12.5. The molecule has 2 aromatic rings. The van der Waals surface area contributed by atoms with Gasteiger partial charge in [0.25, 0.3) is 5.91 Å². The zero-order valence-corrected chi connectivity index (χ0v) is 14.6. The smallest absolute Gasteiger partial charge is 0.311 e. The predicted molar refractivity (Wildman–Crippen MR) is 98.1 cm³/mol. The summed E-state index contributed by atoms with van der Waals surface area (Å²) < 4.78 is 5.28. The number of hydrogen-bond acceptors (Lipinski definition) is 3. The molecular formula is C21H23NO4. The van der Waals surface area contributed by atoms with E-state index in [0.717, 1.165) is 11.1 Å². The third kappa shape index (κ3) is 4.11. The summed E-state index contributed by atoms with van der Waals surface area (Å²) in [5.74, 6) is -1.11. The molecule has 0 spiro atoms. The topological polar surface area (TPSA) is 75.6 Å². The van der Waals surface area contributed by atoms with Crippen LogP contribution in [-0.2, 0) is 16.0 Å². The van der Waals surface area contributed by atoms with Gasteiger partial charge < -0.3 is 15.2 Å². The van der Waals surface area contributed by atoms with Crippen molar-refractivity contribution in [3.8, 4) is 0 Å². The van der Waals surface area contributed by atoms with E-state index in [1.54, 1.807) is 6.07 Å². The van der Waals surface area contributed by atoms with Crippen LogP contribution in [0.2, 0.25) is 0 Å². The summed E-state index contributed by atoms with van der Waals surface area (Å²) in [6.07, 6.45) is 1.48. The molecule has 26 heavy (non-hydrogen) atoms. The molecule has 5 heteroatoms. The molecule has 1 aliphatic rings. The first-order valence-corrected chi connectivity index (χ1v) is 8.82. The molecule has 1 amide bonds. The molecule has 0 atom stereocenters. The average Bonchev–Trinajstić information content (AvgIpc) is 2.68. The number of benzene rings is 2. The summed E-state index contributed by atoms with van der Waals surface area (Å²) >= 11 is 0. The molecule has 0 radical (unpaired) electrons. The van der Waals surface area contributed by atoms with Crippen LogP contribution in [0, 0.1) is 5.41 Å². The fraction of sp³-hybridized carbons (Fsp3) is 0.333. The van der Waals surface area contributed by atoms with Gasteiger partial charge in [-0.25, -0.2) is 0 Å². The molecule has 5 nitrogen and oxygen atoms in total. The zero-order valence-electron chi connectivity index (χ0n) is 14.6. The lowest BCUT2D eigenvalue weighted by atomic mass is 9.80. The summed E-state index contributed by atoms with van der Waals surface area (Å²) in [6.45, 7) is 0.934. The number of nitrogens with one attached hydrogen (secondary N) is 1. The number of carbonyl (C=O) groups is 2. The molecule has 3 rings (SSSR count). The molecule has 1 aliphatic heterocycles. The average molecular weight is 353 g/mol. The fourth-order valence-electron chi connectivity index (χ4n) is 3.28. The van der Waals surface area contributed by atoms with E-state index in [1.807, 2.05) is 48.5 Å². The van der Waals surface area contributed by atoms with Gasteiger partial charge in [0, 0.05) is 25.3 Å². The normalized spacial score (nSPS) is 16.0. The summed E-state index contributed by atoms with van der Waals surface area (Å²) in [6, 6.07) is 17.4. The Morgan fingerprint density at radius 2 is 1.65 bits per heavy atom. The third-order valence-electron chi connectivity index (χ3n) is 4.99. The SMILES string of the molecule is O=C(NCC1(C(=O)O)CCOCC1)c1ccccc1Cc1ccccc1. The van der Waals surface area contributed by atoms with Gasteiger partial charge >= 0.3 is 5.97 Å². The molecular weight excluding hydrogens is 330 g/mol. The van der Waals surface area contributed by atoms with Crippen LogP contribution in [0.3, 0.4) is 0 Å². The van der Waals surface area contributed by atoms with E-state index in [0.29, 0.717) is 38.0 Å². The minimum Gasteiger partial charge on any atom is -0.481 e. The minimum absolute atomic E-state index is 0.115. The standard InChI is InChI=1S/C21H23NO4/c23-19(22-15-21(20(24)25)10-12-26-13-11-21)18-9-5-4-8-17(18)14-16-6-2-1-3-7-16/h1-9H,10-15H2,(H,22,23)(H,24,25). The van der Waals surface area contributed by atoms with Crippen LogP contribution in [0.25, 0.3) is 0 Å². The van der Waals surface area contributed by atoms with Crippen molar-refractivity contribution in [1.82, 2.24) is 5.32 Å². The number of carboxylic acid groups (broad SMARTS) is 1. The highest BCUT2D eigenvalue weighted by Gasteiger charge is 2.40. The van der Waals surface area contributed by atoms with Gasteiger partial charge in [0.05, 0.1) is 5.41 Å². The molecule has 0 unspecified atom stereocenters. The lowest BCUT2D eigenvalue weighted by Crippen LogP contribution is -2.46. The van der Waals surface area contributed by atoms with Crippen LogP contribution < -0.4 is 5.32 Å². The monoisotopic (exact) mass is 353 g/mol. The van der Waals surface area contributed by atoms with Crippen LogP contribution >= 0.6 is 0 Å². The molecule has 2 aromatic carbocycles. The van der Waals surface area contributed by atoms with Crippen molar-refractivity contribution < 1.29 is 19.4 Å². The van der Waals surface area contributed by atoms with Gasteiger partial charge in [0.1, 0.15) is 0 Å². The summed E-state index contributed by atoms with van der Waals surface area (Å²) in [5.41, 5.74) is 1.69. The van der Waals surface area contributed by atoms with Crippen molar-refractivity contribution in [1.29, 1.82) is 0 Å². The molecule has 1 saturated heterocycles. The summed E-state index contributed by atoms with van der Waals surface area (Å²) in [4.78, 5) is 24.5. The zero-order chi connectivity index (χ0) is 18.4. The minimum atomic E-state index is -0.942. The Morgan fingerprint density at radius 1 is 1.00 bits per heavy atom. The number of ether oxygens (including phenoxy) is 1. The lowest BCUT2D eigenvalue weighted by molar-refractivity contribution is -0.154. The first-order valence-electron chi connectivity index (χ1n) is 8.82. The van der Waals surface area contributed by atoms with Crippen LogP contribution in [0.15, 0.2) is 54.6 Å². The van der Waals surface area contributed by atoms with Gasteiger partial charge in [-0.2, -0.15) is 0 Å². The predicted octanol–water partition coefficient (Wildman–Crippen LogP) is 2.89. The first-order chi connectivity index (χ1) is 12.6.